The van der Waals surface area contributed by atoms with Gasteiger partial charge in [0.15, 0.2) is 0 Å². The van der Waals surface area contributed by atoms with Gasteiger partial charge in [0.25, 0.3) is 5.69 Å². The average Bonchev–Trinajstić information content (AvgIpc) is 2.41. The lowest BCUT2D eigenvalue weighted by atomic mass is 10.2. The second-order valence-corrected chi connectivity index (χ2v) is 4.52. The molecule has 20 heavy (non-hydrogen) atoms. The Morgan fingerprint density at radius 2 is 2.00 bits per heavy atom. The number of hydrogen-bond acceptors (Lipinski definition) is 4. The summed E-state index contributed by atoms with van der Waals surface area (Å²) in [6.45, 7) is 7.42. The second kappa shape index (κ2) is 7.47. The van der Waals surface area contributed by atoms with Crippen molar-refractivity contribution < 1.29 is 9.72 Å². The van der Waals surface area contributed by atoms with Crippen LogP contribution in [0.3, 0.4) is 0 Å². The molecule has 0 heterocycles. The van der Waals surface area contributed by atoms with Gasteiger partial charge in [-0.1, -0.05) is 6.07 Å². The number of benzene rings is 1. The van der Waals surface area contributed by atoms with Gasteiger partial charge in [0.1, 0.15) is 5.69 Å². The first-order valence-electron chi connectivity index (χ1n) is 6.76. The van der Waals surface area contributed by atoms with E-state index in [-0.39, 0.29) is 11.6 Å². The topological polar surface area (TPSA) is 75.5 Å². The van der Waals surface area contributed by atoms with Crippen molar-refractivity contribution in [3.05, 3.63) is 33.9 Å². The molecule has 0 fully saturated rings. The molecule has 0 saturated heterocycles. The van der Waals surface area contributed by atoms with Gasteiger partial charge in [-0.05, 0) is 32.4 Å². The lowest BCUT2D eigenvalue weighted by Crippen LogP contribution is -2.31. The van der Waals surface area contributed by atoms with Crippen LogP contribution in [-0.2, 0) is 4.79 Å². The SMILES string of the molecule is CCN(CC)C(=O)CCNc1ccc(C)cc1[N+](=O)[O-]. The maximum Gasteiger partial charge on any atom is 0.292 e. The van der Waals surface area contributed by atoms with Gasteiger partial charge in [-0.2, -0.15) is 0 Å². The van der Waals surface area contributed by atoms with Crippen molar-refractivity contribution in [1.29, 1.82) is 0 Å². The van der Waals surface area contributed by atoms with E-state index in [2.05, 4.69) is 5.32 Å². The monoisotopic (exact) mass is 279 g/mol. The highest BCUT2D eigenvalue weighted by Gasteiger charge is 2.14. The van der Waals surface area contributed by atoms with Crippen LogP contribution in [0.15, 0.2) is 18.2 Å². The molecule has 1 rings (SSSR count). The molecule has 0 aliphatic rings. The van der Waals surface area contributed by atoms with E-state index in [1.807, 2.05) is 19.9 Å². The minimum atomic E-state index is -0.415. The molecular weight excluding hydrogens is 258 g/mol. The Morgan fingerprint density at radius 1 is 1.35 bits per heavy atom. The molecule has 0 saturated carbocycles. The molecule has 0 unspecified atom stereocenters. The number of nitrogens with zero attached hydrogens (tertiary/aromatic N) is 2. The van der Waals surface area contributed by atoms with E-state index in [0.29, 0.717) is 31.7 Å². The zero-order valence-electron chi connectivity index (χ0n) is 12.2. The molecular formula is C14H21N3O3. The standard InChI is InChI=1S/C14H21N3O3/c1-4-16(5-2)14(18)8-9-15-12-7-6-11(3)10-13(12)17(19)20/h6-7,10,15H,4-5,8-9H2,1-3H3. The Morgan fingerprint density at radius 3 is 2.55 bits per heavy atom. The molecule has 0 atom stereocenters. The van der Waals surface area contributed by atoms with Crippen LogP contribution in [0.1, 0.15) is 25.8 Å². The quantitative estimate of drug-likeness (QED) is 0.615. The number of carbonyl (C=O) groups is 1. The molecule has 0 aromatic heterocycles. The molecule has 1 aromatic carbocycles. The number of hydrogen-bond donors (Lipinski definition) is 1. The number of anilines is 1. The Hall–Kier alpha value is -2.11. The van der Waals surface area contributed by atoms with E-state index in [9.17, 15) is 14.9 Å². The summed E-state index contributed by atoms with van der Waals surface area (Å²) in [5.74, 6) is 0.0530. The van der Waals surface area contributed by atoms with Crippen LogP contribution >= 0.6 is 0 Å². The average molecular weight is 279 g/mol. The van der Waals surface area contributed by atoms with Crippen molar-refractivity contribution >= 4 is 17.3 Å². The maximum absolute atomic E-state index is 11.8. The van der Waals surface area contributed by atoms with Crippen LogP contribution in [0.2, 0.25) is 0 Å². The highest BCUT2D eigenvalue weighted by molar-refractivity contribution is 5.77. The van der Waals surface area contributed by atoms with Crippen molar-refractivity contribution in [1.82, 2.24) is 4.90 Å². The number of nitro benzene ring substituents is 1. The molecule has 110 valence electrons. The summed E-state index contributed by atoms with van der Waals surface area (Å²) in [6, 6.07) is 5.01. The summed E-state index contributed by atoms with van der Waals surface area (Å²) in [4.78, 5) is 24.1. The van der Waals surface area contributed by atoms with E-state index >= 15 is 0 Å². The zero-order valence-corrected chi connectivity index (χ0v) is 12.2. The minimum absolute atomic E-state index is 0.0419. The molecule has 6 nitrogen and oxygen atoms in total. The van der Waals surface area contributed by atoms with Crippen LogP contribution in [-0.4, -0.2) is 35.4 Å². The van der Waals surface area contributed by atoms with Crippen molar-refractivity contribution in [3.8, 4) is 0 Å². The van der Waals surface area contributed by atoms with Crippen LogP contribution in [0.4, 0.5) is 11.4 Å². The molecule has 0 radical (unpaired) electrons. The van der Waals surface area contributed by atoms with Gasteiger partial charge in [-0.3, -0.25) is 14.9 Å². The molecule has 0 aliphatic heterocycles. The van der Waals surface area contributed by atoms with Gasteiger partial charge in [0, 0.05) is 32.1 Å². The summed E-state index contributed by atoms with van der Waals surface area (Å²) in [7, 11) is 0. The fraction of sp³-hybridized carbons (Fsp3) is 0.500. The predicted octanol–water partition coefficient (Wildman–Crippen LogP) is 2.57. The van der Waals surface area contributed by atoms with Gasteiger partial charge in [0.2, 0.25) is 5.91 Å². The van der Waals surface area contributed by atoms with Gasteiger partial charge in [-0.15, -0.1) is 0 Å². The van der Waals surface area contributed by atoms with Crippen LogP contribution in [0, 0.1) is 17.0 Å². The minimum Gasteiger partial charge on any atom is -0.379 e. The Balaban J connectivity index is 2.62. The van der Waals surface area contributed by atoms with Gasteiger partial charge < -0.3 is 10.2 Å². The molecule has 0 spiro atoms. The maximum atomic E-state index is 11.8. The second-order valence-electron chi connectivity index (χ2n) is 4.52. The first-order valence-corrected chi connectivity index (χ1v) is 6.76. The van der Waals surface area contributed by atoms with Gasteiger partial charge in [-0.25, -0.2) is 0 Å². The number of nitrogens with one attached hydrogen (secondary N) is 1. The number of nitro groups is 1. The lowest BCUT2D eigenvalue weighted by Gasteiger charge is -2.18. The van der Waals surface area contributed by atoms with E-state index in [4.69, 9.17) is 0 Å². The van der Waals surface area contributed by atoms with Crippen molar-refractivity contribution in [3.63, 3.8) is 0 Å². The summed E-state index contributed by atoms with van der Waals surface area (Å²) in [5.41, 5.74) is 1.33. The van der Waals surface area contributed by atoms with Gasteiger partial charge in [0.05, 0.1) is 4.92 Å². The van der Waals surface area contributed by atoms with E-state index in [1.54, 1.807) is 17.9 Å². The van der Waals surface area contributed by atoms with Crippen LogP contribution in [0.5, 0.6) is 0 Å². The van der Waals surface area contributed by atoms with Crippen molar-refractivity contribution in [2.24, 2.45) is 0 Å². The Bertz CT molecular complexity index is 485. The first-order chi connectivity index (χ1) is 9.49. The smallest absolute Gasteiger partial charge is 0.292 e. The fourth-order valence-electron chi connectivity index (χ4n) is 1.98. The Kier molecular flexibility index (Phi) is 5.96. The predicted molar refractivity (Wildman–Crippen MR) is 78.9 cm³/mol. The van der Waals surface area contributed by atoms with E-state index < -0.39 is 4.92 Å². The van der Waals surface area contributed by atoms with Crippen molar-refractivity contribution in [2.45, 2.75) is 27.2 Å². The molecule has 0 aliphatic carbocycles. The normalized spacial score (nSPS) is 10.2. The number of amides is 1. The molecule has 6 heteroatoms. The third kappa shape index (κ3) is 4.22. The highest BCUT2D eigenvalue weighted by atomic mass is 16.6. The van der Waals surface area contributed by atoms with E-state index in [0.717, 1.165) is 5.56 Å². The number of aryl methyl sites for hydroxylation is 1. The first kappa shape index (κ1) is 15.9. The largest absolute Gasteiger partial charge is 0.379 e. The summed E-state index contributed by atoms with van der Waals surface area (Å²) >= 11 is 0. The Labute approximate surface area is 118 Å². The van der Waals surface area contributed by atoms with Crippen LogP contribution < -0.4 is 5.32 Å². The van der Waals surface area contributed by atoms with Crippen LogP contribution in [0.25, 0.3) is 0 Å². The number of rotatable bonds is 7. The third-order valence-electron chi connectivity index (χ3n) is 3.12. The molecule has 1 aromatic rings. The summed E-state index contributed by atoms with van der Waals surface area (Å²) < 4.78 is 0. The summed E-state index contributed by atoms with van der Waals surface area (Å²) in [5, 5.41) is 13.9. The molecule has 0 bridgehead atoms. The lowest BCUT2D eigenvalue weighted by molar-refractivity contribution is -0.384. The molecule has 1 amide bonds. The van der Waals surface area contributed by atoms with Gasteiger partial charge >= 0.3 is 0 Å². The highest BCUT2D eigenvalue weighted by Crippen LogP contribution is 2.25. The van der Waals surface area contributed by atoms with E-state index in [1.165, 1.54) is 6.07 Å². The number of carbonyl (C=O) groups excluding carboxylic acids is 1. The summed E-state index contributed by atoms with van der Waals surface area (Å²) in [6.07, 6.45) is 0.326. The van der Waals surface area contributed by atoms with Crippen molar-refractivity contribution in [2.75, 3.05) is 25.0 Å². The third-order valence-corrected chi connectivity index (χ3v) is 3.12. The fourth-order valence-corrected chi connectivity index (χ4v) is 1.98. The zero-order chi connectivity index (χ0) is 15.1. The molecule has 1 N–H and O–H groups in total.